The molecule has 5 heteroatoms. The van der Waals surface area contributed by atoms with Gasteiger partial charge in [0.1, 0.15) is 11.5 Å². The van der Waals surface area contributed by atoms with E-state index in [4.69, 9.17) is 10.5 Å². The molecule has 0 radical (unpaired) electrons. The fourth-order valence-electron chi connectivity index (χ4n) is 3.07. The van der Waals surface area contributed by atoms with Gasteiger partial charge in [-0.1, -0.05) is 37.1 Å². The Labute approximate surface area is 148 Å². The second-order valence-electron chi connectivity index (χ2n) is 6.09. The van der Waals surface area contributed by atoms with Crippen molar-refractivity contribution in [1.29, 1.82) is 0 Å². The molecule has 2 aromatic rings. The Morgan fingerprint density at radius 3 is 2.38 bits per heavy atom. The monoisotopic (exact) mass is 346 g/mol. The summed E-state index contributed by atoms with van der Waals surface area (Å²) in [5.41, 5.74) is 6.24. The SMILES string of the molecule is Cl.NCC1(NC(=O)c2cccc(Oc3ccccc3)c2)CCCC1. The number of nitrogens with one attached hydrogen (secondary N) is 1. The Morgan fingerprint density at radius 1 is 1.04 bits per heavy atom. The van der Waals surface area contributed by atoms with Crippen molar-refractivity contribution in [2.24, 2.45) is 5.73 Å². The minimum Gasteiger partial charge on any atom is -0.457 e. The molecule has 2 aromatic carbocycles. The van der Waals surface area contributed by atoms with E-state index in [1.807, 2.05) is 42.5 Å². The summed E-state index contributed by atoms with van der Waals surface area (Å²) in [5.74, 6) is 1.31. The molecule has 3 N–H and O–H groups in total. The van der Waals surface area contributed by atoms with Crippen LogP contribution in [-0.2, 0) is 0 Å². The Balaban J connectivity index is 0.00000208. The highest BCUT2D eigenvalue weighted by molar-refractivity contribution is 5.95. The molecule has 0 bridgehead atoms. The number of amides is 1. The molecule has 0 spiro atoms. The minimum atomic E-state index is -0.243. The fourth-order valence-corrected chi connectivity index (χ4v) is 3.07. The standard InChI is InChI=1S/C19H22N2O2.ClH/c20-14-19(11-4-5-12-19)21-18(22)15-7-6-10-17(13-15)23-16-8-2-1-3-9-16;/h1-3,6-10,13H,4-5,11-12,14,20H2,(H,21,22);1H. The molecule has 1 amide bonds. The van der Waals surface area contributed by atoms with Gasteiger partial charge in [0.25, 0.3) is 5.91 Å². The number of carbonyl (C=O) groups excluding carboxylic acids is 1. The average Bonchev–Trinajstić information content (AvgIpc) is 3.05. The van der Waals surface area contributed by atoms with Crippen LogP contribution in [-0.4, -0.2) is 18.0 Å². The highest BCUT2D eigenvalue weighted by Gasteiger charge is 2.34. The smallest absolute Gasteiger partial charge is 0.251 e. The second-order valence-corrected chi connectivity index (χ2v) is 6.09. The molecule has 0 heterocycles. The molecule has 24 heavy (non-hydrogen) atoms. The van der Waals surface area contributed by atoms with Crippen molar-refractivity contribution in [3.8, 4) is 11.5 Å². The molecule has 0 aromatic heterocycles. The summed E-state index contributed by atoms with van der Waals surface area (Å²) in [6, 6.07) is 16.8. The topological polar surface area (TPSA) is 64.3 Å². The Hall–Kier alpha value is -2.04. The van der Waals surface area contributed by atoms with Gasteiger partial charge < -0.3 is 15.8 Å². The van der Waals surface area contributed by atoms with E-state index in [9.17, 15) is 4.79 Å². The van der Waals surface area contributed by atoms with Gasteiger partial charge in [-0.25, -0.2) is 0 Å². The fraction of sp³-hybridized carbons (Fsp3) is 0.316. The quantitative estimate of drug-likeness (QED) is 0.862. The zero-order valence-electron chi connectivity index (χ0n) is 13.5. The first-order valence-corrected chi connectivity index (χ1v) is 8.06. The van der Waals surface area contributed by atoms with Crippen LogP contribution in [0.15, 0.2) is 54.6 Å². The highest BCUT2D eigenvalue weighted by atomic mass is 35.5. The molecule has 128 valence electrons. The summed E-state index contributed by atoms with van der Waals surface area (Å²) < 4.78 is 5.79. The normalized spacial score (nSPS) is 15.4. The molecule has 1 aliphatic carbocycles. The summed E-state index contributed by atoms with van der Waals surface area (Å²) in [5, 5.41) is 3.13. The van der Waals surface area contributed by atoms with Gasteiger partial charge in [-0.2, -0.15) is 0 Å². The number of para-hydroxylation sites is 1. The predicted octanol–water partition coefficient (Wildman–Crippen LogP) is 3.90. The van der Waals surface area contributed by atoms with Gasteiger partial charge in [0.2, 0.25) is 0 Å². The number of hydrogen-bond donors (Lipinski definition) is 2. The van der Waals surface area contributed by atoms with Crippen LogP contribution < -0.4 is 15.8 Å². The first-order valence-electron chi connectivity index (χ1n) is 8.06. The van der Waals surface area contributed by atoms with Crippen molar-refractivity contribution in [3.63, 3.8) is 0 Å². The Morgan fingerprint density at radius 2 is 1.71 bits per heavy atom. The molecule has 1 saturated carbocycles. The van der Waals surface area contributed by atoms with E-state index < -0.39 is 0 Å². The number of carbonyl (C=O) groups is 1. The molecule has 1 aliphatic rings. The first kappa shape index (κ1) is 18.3. The van der Waals surface area contributed by atoms with E-state index >= 15 is 0 Å². The lowest BCUT2D eigenvalue weighted by Crippen LogP contribution is -2.51. The van der Waals surface area contributed by atoms with E-state index in [1.54, 1.807) is 12.1 Å². The van der Waals surface area contributed by atoms with Gasteiger partial charge in [-0.05, 0) is 43.2 Å². The number of nitrogens with two attached hydrogens (primary N) is 1. The van der Waals surface area contributed by atoms with Crippen molar-refractivity contribution in [2.75, 3.05) is 6.54 Å². The average molecular weight is 347 g/mol. The minimum absolute atomic E-state index is 0. The van der Waals surface area contributed by atoms with Gasteiger partial charge in [-0.15, -0.1) is 12.4 Å². The van der Waals surface area contributed by atoms with Crippen molar-refractivity contribution >= 4 is 18.3 Å². The highest BCUT2D eigenvalue weighted by Crippen LogP contribution is 2.29. The van der Waals surface area contributed by atoms with Crippen molar-refractivity contribution in [3.05, 3.63) is 60.2 Å². The van der Waals surface area contributed by atoms with Crippen LogP contribution in [0.3, 0.4) is 0 Å². The number of rotatable bonds is 5. The molecule has 1 fully saturated rings. The van der Waals surface area contributed by atoms with Crippen molar-refractivity contribution < 1.29 is 9.53 Å². The van der Waals surface area contributed by atoms with E-state index in [1.165, 1.54) is 0 Å². The molecular formula is C19H23ClN2O2. The molecular weight excluding hydrogens is 324 g/mol. The Kier molecular flexibility index (Phi) is 6.23. The largest absolute Gasteiger partial charge is 0.457 e. The van der Waals surface area contributed by atoms with Crippen LogP contribution in [0.4, 0.5) is 0 Å². The van der Waals surface area contributed by atoms with Crippen molar-refractivity contribution in [2.45, 2.75) is 31.2 Å². The van der Waals surface area contributed by atoms with E-state index in [0.29, 0.717) is 17.9 Å². The van der Waals surface area contributed by atoms with Gasteiger partial charge in [-0.3, -0.25) is 4.79 Å². The maximum Gasteiger partial charge on any atom is 0.251 e. The van der Waals surface area contributed by atoms with Gasteiger partial charge in [0, 0.05) is 12.1 Å². The van der Waals surface area contributed by atoms with E-state index in [-0.39, 0.29) is 23.9 Å². The van der Waals surface area contributed by atoms with E-state index in [0.717, 1.165) is 31.4 Å². The molecule has 3 rings (SSSR count). The summed E-state index contributed by atoms with van der Waals surface area (Å²) in [7, 11) is 0. The zero-order chi connectivity index (χ0) is 16.1. The maximum atomic E-state index is 12.5. The van der Waals surface area contributed by atoms with Crippen LogP contribution in [0.25, 0.3) is 0 Å². The lowest BCUT2D eigenvalue weighted by molar-refractivity contribution is 0.0903. The third-order valence-electron chi connectivity index (χ3n) is 4.41. The predicted molar refractivity (Wildman–Crippen MR) is 97.9 cm³/mol. The third kappa shape index (κ3) is 4.28. The zero-order valence-corrected chi connectivity index (χ0v) is 14.4. The first-order chi connectivity index (χ1) is 11.2. The van der Waals surface area contributed by atoms with Crippen LogP contribution in [0.1, 0.15) is 36.0 Å². The maximum absolute atomic E-state index is 12.5. The summed E-state index contributed by atoms with van der Waals surface area (Å²) >= 11 is 0. The third-order valence-corrected chi connectivity index (χ3v) is 4.41. The van der Waals surface area contributed by atoms with Crippen LogP contribution in [0.5, 0.6) is 11.5 Å². The van der Waals surface area contributed by atoms with Crippen LogP contribution in [0.2, 0.25) is 0 Å². The molecule has 0 aliphatic heterocycles. The number of ether oxygens (including phenoxy) is 1. The van der Waals surface area contributed by atoms with E-state index in [2.05, 4.69) is 5.32 Å². The molecule has 4 nitrogen and oxygen atoms in total. The number of halogens is 1. The Bertz CT molecular complexity index is 670. The summed E-state index contributed by atoms with van der Waals surface area (Å²) in [4.78, 5) is 12.5. The molecule has 0 unspecified atom stereocenters. The lowest BCUT2D eigenvalue weighted by Gasteiger charge is -2.28. The van der Waals surface area contributed by atoms with Crippen molar-refractivity contribution in [1.82, 2.24) is 5.32 Å². The summed E-state index contributed by atoms with van der Waals surface area (Å²) in [6.45, 7) is 0.485. The lowest BCUT2D eigenvalue weighted by atomic mass is 9.97. The molecule has 0 atom stereocenters. The number of benzene rings is 2. The van der Waals surface area contributed by atoms with Crippen LogP contribution in [0, 0.1) is 0 Å². The molecule has 0 saturated heterocycles. The van der Waals surface area contributed by atoms with Gasteiger partial charge in [0.05, 0.1) is 5.54 Å². The van der Waals surface area contributed by atoms with Gasteiger partial charge in [0.15, 0.2) is 0 Å². The summed E-state index contributed by atoms with van der Waals surface area (Å²) in [6.07, 6.45) is 4.15. The second kappa shape index (κ2) is 8.18. The number of hydrogen-bond acceptors (Lipinski definition) is 3. The van der Waals surface area contributed by atoms with Crippen LogP contribution >= 0.6 is 12.4 Å². The van der Waals surface area contributed by atoms with Gasteiger partial charge >= 0.3 is 0 Å².